The molecule has 7 heteroatoms. The van der Waals surface area contributed by atoms with Gasteiger partial charge in [0.2, 0.25) is 5.91 Å². The van der Waals surface area contributed by atoms with Gasteiger partial charge in [0.25, 0.3) is 0 Å². The monoisotopic (exact) mass is 318 g/mol. The molecule has 0 saturated heterocycles. The Kier molecular flexibility index (Phi) is 4.21. The number of carbonyl (C=O) groups excluding carboxylic acids is 1. The Balaban J connectivity index is 1.62. The molecule has 0 saturated carbocycles. The number of carbonyl (C=O) groups is 1. The van der Waals surface area contributed by atoms with E-state index in [1.165, 1.54) is 11.8 Å². The highest BCUT2D eigenvalue weighted by Crippen LogP contribution is 2.22. The molecule has 5 nitrogen and oxygen atoms in total. The number of thiophene rings is 1. The van der Waals surface area contributed by atoms with Crippen LogP contribution in [-0.4, -0.2) is 25.8 Å². The molecule has 0 unspecified atom stereocenters. The van der Waals surface area contributed by atoms with Crippen LogP contribution in [0.15, 0.2) is 47.1 Å². The number of aromatic nitrogens is 3. The molecule has 0 radical (unpaired) electrons. The van der Waals surface area contributed by atoms with E-state index in [4.69, 9.17) is 0 Å². The number of nitrogens with zero attached hydrogens (tertiary/aromatic N) is 3. The Morgan fingerprint density at radius 2 is 2.29 bits per heavy atom. The molecule has 0 fully saturated rings. The number of rotatable bonds is 5. The summed E-state index contributed by atoms with van der Waals surface area (Å²) in [6.45, 7) is 2.44. The third kappa shape index (κ3) is 3.25. The van der Waals surface area contributed by atoms with Crippen LogP contribution >= 0.6 is 23.1 Å². The lowest BCUT2D eigenvalue weighted by Crippen LogP contribution is -2.30. The van der Waals surface area contributed by atoms with Gasteiger partial charge >= 0.3 is 0 Å². The van der Waals surface area contributed by atoms with E-state index >= 15 is 0 Å². The zero-order chi connectivity index (χ0) is 14.7. The normalized spacial score (nSPS) is 12.4. The number of fused-ring (bicyclic) bond motifs is 1. The van der Waals surface area contributed by atoms with Gasteiger partial charge in [0.05, 0.1) is 11.8 Å². The third-order valence-electron chi connectivity index (χ3n) is 2.95. The van der Waals surface area contributed by atoms with Crippen molar-refractivity contribution in [1.82, 2.24) is 19.9 Å². The van der Waals surface area contributed by atoms with Crippen molar-refractivity contribution in [3.63, 3.8) is 0 Å². The molecule has 0 aromatic carbocycles. The van der Waals surface area contributed by atoms with Crippen LogP contribution in [0.2, 0.25) is 0 Å². The zero-order valence-electron chi connectivity index (χ0n) is 11.4. The maximum atomic E-state index is 12.1. The van der Waals surface area contributed by atoms with Crippen molar-refractivity contribution in [2.24, 2.45) is 0 Å². The van der Waals surface area contributed by atoms with Gasteiger partial charge in [-0.25, -0.2) is 0 Å². The van der Waals surface area contributed by atoms with Crippen molar-refractivity contribution in [3.05, 3.63) is 46.8 Å². The molecular weight excluding hydrogens is 304 g/mol. The van der Waals surface area contributed by atoms with Crippen molar-refractivity contribution in [2.45, 2.75) is 23.9 Å². The first kappa shape index (κ1) is 14.1. The summed E-state index contributed by atoms with van der Waals surface area (Å²) in [5, 5.41) is 13.6. The standard InChI is InChI=1S/C14H14N4OS2/c1-10(13(19)15-9-11-5-4-8-20-11)21-14-17-16-12-6-2-3-7-18(12)14/h2-8,10H,9H2,1H3,(H,15,19)/t10-/m1/s1. The summed E-state index contributed by atoms with van der Waals surface area (Å²) >= 11 is 3.04. The van der Waals surface area contributed by atoms with E-state index in [0.717, 1.165) is 15.7 Å². The molecule has 1 atom stereocenters. The number of hydrogen-bond donors (Lipinski definition) is 1. The van der Waals surface area contributed by atoms with Crippen LogP contribution < -0.4 is 5.32 Å². The van der Waals surface area contributed by atoms with Gasteiger partial charge in [-0.1, -0.05) is 23.9 Å². The van der Waals surface area contributed by atoms with E-state index in [2.05, 4.69) is 15.5 Å². The smallest absolute Gasteiger partial charge is 0.233 e. The highest BCUT2D eigenvalue weighted by atomic mass is 32.2. The minimum absolute atomic E-state index is 0.00100. The molecule has 1 N–H and O–H groups in total. The quantitative estimate of drug-likeness (QED) is 0.735. The SMILES string of the molecule is C[C@@H](Sc1nnc2ccccn12)C(=O)NCc1cccs1. The van der Waals surface area contributed by atoms with Crippen molar-refractivity contribution in [1.29, 1.82) is 0 Å². The van der Waals surface area contributed by atoms with Crippen LogP contribution in [0.25, 0.3) is 5.65 Å². The molecule has 3 rings (SSSR count). The summed E-state index contributed by atoms with van der Waals surface area (Å²) < 4.78 is 1.88. The first-order valence-corrected chi connectivity index (χ1v) is 8.26. The Hall–Kier alpha value is -1.86. The minimum Gasteiger partial charge on any atom is -0.350 e. The summed E-state index contributed by atoms with van der Waals surface area (Å²) in [5.41, 5.74) is 0.784. The van der Waals surface area contributed by atoms with Gasteiger partial charge in [-0.2, -0.15) is 0 Å². The molecule has 0 bridgehead atoms. The van der Waals surface area contributed by atoms with E-state index in [1.807, 2.05) is 53.2 Å². The molecular formula is C14H14N4OS2. The van der Waals surface area contributed by atoms with Gasteiger partial charge < -0.3 is 5.32 Å². The van der Waals surface area contributed by atoms with E-state index in [1.54, 1.807) is 11.3 Å². The summed E-state index contributed by atoms with van der Waals surface area (Å²) in [4.78, 5) is 13.3. The molecule has 3 heterocycles. The molecule has 0 spiro atoms. The van der Waals surface area contributed by atoms with Crippen LogP contribution in [0.4, 0.5) is 0 Å². The molecule has 0 aliphatic rings. The molecule has 21 heavy (non-hydrogen) atoms. The Bertz CT molecular complexity index is 738. The first-order valence-electron chi connectivity index (χ1n) is 6.50. The van der Waals surface area contributed by atoms with Gasteiger partial charge in [-0.15, -0.1) is 21.5 Å². The van der Waals surface area contributed by atoms with Crippen molar-refractivity contribution in [2.75, 3.05) is 0 Å². The summed E-state index contributed by atoms with van der Waals surface area (Å²) in [7, 11) is 0. The van der Waals surface area contributed by atoms with E-state index in [-0.39, 0.29) is 11.2 Å². The maximum Gasteiger partial charge on any atom is 0.233 e. The molecule has 0 aliphatic heterocycles. The second-order valence-electron chi connectivity index (χ2n) is 4.47. The predicted octanol–water partition coefficient (Wildman–Crippen LogP) is 2.59. The van der Waals surface area contributed by atoms with E-state index in [0.29, 0.717) is 6.54 Å². The van der Waals surface area contributed by atoms with E-state index in [9.17, 15) is 4.79 Å². The van der Waals surface area contributed by atoms with Crippen LogP contribution in [-0.2, 0) is 11.3 Å². The van der Waals surface area contributed by atoms with Gasteiger partial charge in [-0.3, -0.25) is 9.20 Å². The lowest BCUT2D eigenvalue weighted by atomic mass is 10.4. The Morgan fingerprint density at radius 1 is 1.38 bits per heavy atom. The Morgan fingerprint density at radius 3 is 3.10 bits per heavy atom. The van der Waals surface area contributed by atoms with E-state index < -0.39 is 0 Å². The lowest BCUT2D eigenvalue weighted by molar-refractivity contribution is -0.120. The van der Waals surface area contributed by atoms with Crippen LogP contribution in [0, 0.1) is 0 Å². The first-order chi connectivity index (χ1) is 10.2. The molecule has 108 valence electrons. The van der Waals surface area contributed by atoms with Gasteiger partial charge in [-0.05, 0) is 30.5 Å². The average molecular weight is 318 g/mol. The number of hydrogen-bond acceptors (Lipinski definition) is 5. The molecule has 3 aromatic heterocycles. The summed E-state index contributed by atoms with van der Waals surface area (Å²) in [6, 6.07) is 9.71. The highest BCUT2D eigenvalue weighted by Gasteiger charge is 2.17. The lowest BCUT2D eigenvalue weighted by Gasteiger charge is -2.10. The van der Waals surface area contributed by atoms with Crippen LogP contribution in [0.1, 0.15) is 11.8 Å². The van der Waals surface area contributed by atoms with Crippen LogP contribution in [0.5, 0.6) is 0 Å². The van der Waals surface area contributed by atoms with Crippen molar-refractivity contribution >= 4 is 34.7 Å². The number of thioether (sulfide) groups is 1. The van der Waals surface area contributed by atoms with Gasteiger partial charge in [0.1, 0.15) is 0 Å². The molecule has 3 aromatic rings. The second kappa shape index (κ2) is 6.28. The molecule has 1 amide bonds. The predicted molar refractivity (Wildman–Crippen MR) is 84.5 cm³/mol. The minimum atomic E-state index is -0.224. The fourth-order valence-electron chi connectivity index (χ4n) is 1.84. The van der Waals surface area contributed by atoms with Crippen molar-refractivity contribution in [3.8, 4) is 0 Å². The largest absolute Gasteiger partial charge is 0.350 e. The maximum absolute atomic E-state index is 12.1. The fraction of sp³-hybridized carbons (Fsp3) is 0.214. The number of pyridine rings is 1. The summed E-state index contributed by atoms with van der Waals surface area (Å²) in [5.74, 6) is 0.00100. The van der Waals surface area contributed by atoms with Crippen LogP contribution in [0.3, 0.4) is 0 Å². The molecule has 0 aliphatic carbocycles. The number of amides is 1. The average Bonchev–Trinajstić information content (AvgIpc) is 3.15. The van der Waals surface area contributed by atoms with Crippen molar-refractivity contribution < 1.29 is 4.79 Å². The van der Waals surface area contributed by atoms with Gasteiger partial charge in [0, 0.05) is 11.1 Å². The fourth-order valence-corrected chi connectivity index (χ4v) is 3.35. The third-order valence-corrected chi connectivity index (χ3v) is 4.88. The topological polar surface area (TPSA) is 59.3 Å². The second-order valence-corrected chi connectivity index (χ2v) is 6.81. The summed E-state index contributed by atoms with van der Waals surface area (Å²) in [6.07, 6.45) is 1.90. The van der Waals surface area contributed by atoms with Gasteiger partial charge in [0.15, 0.2) is 10.8 Å². The Labute approximate surface area is 130 Å². The number of nitrogens with one attached hydrogen (secondary N) is 1. The zero-order valence-corrected chi connectivity index (χ0v) is 13.0. The highest BCUT2D eigenvalue weighted by molar-refractivity contribution is 8.00.